The number of rotatable bonds is 6. The highest BCUT2D eigenvalue weighted by molar-refractivity contribution is 7.89. The Morgan fingerprint density at radius 1 is 1.00 bits per heavy atom. The minimum atomic E-state index is -3.81. The molecular formula is C22H15ClN4O4S. The summed E-state index contributed by atoms with van der Waals surface area (Å²) < 4.78 is 28.3. The van der Waals surface area contributed by atoms with Crippen LogP contribution in [0.25, 0.3) is 0 Å². The van der Waals surface area contributed by atoms with E-state index in [1.807, 2.05) is 12.1 Å². The van der Waals surface area contributed by atoms with Crippen molar-refractivity contribution in [1.29, 1.82) is 10.5 Å². The summed E-state index contributed by atoms with van der Waals surface area (Å²) in [6.07, 6.45) is 0.0133. The second-order valence-electron chi connectivity index (χ2n) is 6.63. The lowest BCUT2D eigenvalue weighted by Crippen LogP contribution is -2.15. The van der Waals surface area contributed by atoms with Gasteiger partial charge in [0.2, 0.25) is 15.9 Å². The number of nitrogens with one attached hydrogen (secondary N) is 1. The zero-order chi connectivity index (χ0) is 23.3. The summed E-state index contributed by atoms with van der Waals surface area (Å²) in [5.41, 5.74) is 1.59. The quantitative estimate of drug-likeness (QED) is 0.566. The van der Waals surface area contributed by atoms with E-state index < -0.39 is 10.0 Å². The maximum Gasteiger partial charge on any atom is 0.238 e. The van der Waals surface area contributed by atoms with E-state index in [0.717, 1.165) is 0 Å². The van der Waals surface area contributed by atoms with E-state index in [0.29, 0.717) is 17.0 Å². The zero-order valence-electron chi connectivity index (χ0n) is 16.4. The Kier molecular flexibility index (Phi) is 6.76. The molecule has 0 fully saturated rings. The van der Waals surface area contributed by atoms with E-state index in [2.05, 4.69) is 5.32 Å². The standard InChI is InChI=1S/C22H15ClN4O4S/c23-20-10-14(11-22(28)27-17-2-4-19(5-3-17)32(26,29)30)1-6-21(20)31-18-8-15(12-24)7-16(9-18)13-25/h1-10H,11H2,(H,27,28)(H2,26,29,30). The molecule has 0 aliphatic heterocycles. The van der Waals surface area contributed by atoms with Crippen LogP contribution in [0.2, 0.25) is 5.02 Å². The number of anilines is 1. The number of benzene rings is 3. The normalized spacial score (nSPS) is 10.6. The molecule has 1 amide bonds. The summed E-state index contributed by atoms with van der Waals surface area (Å²) >= 11 is 6.27. The summed E-state index contributed by atoms with van der Waals surface area (Å²) in [6.45, 7) is 0. The summed E-state index contributed by atoms with van der Waals surface area (Å²) in [6, 6.07) is 18.6. The van der Waals surface area contributed by atoms with Crippen LogP contribution in [-0.4, -0.2) is 14.3 Å². The monoisotopic (exact) mass is 466 g/mol. The van der Waals surface area contributed by atoms with Crippen molar-refractivity contribution in [3.63, 3.8) is 0 Å². The van der Waals surface area contributed by atoms with Gasteiger partial charge in [-0.1, -0.05) is 17.7 Å². The number of nitrogens with two attached hydrogens (primary N) is 1. The van der Waals surface area contributed by atoms with Gasteiger partial charge in [0.05, 0.1) is 39.6 Å². The molecule has 0 bridgehead atoms. The van der Waals surface area contributed by atoms with Crippen LogP contribution < -0.4 is 15.2 Å². The lowest BCUT2D eigenvalue weighted by atomic mass is 10.1. The van der Waals surface area contributed by atoms with Gasteiger partial charge in [0.15, 0.2) is 0 Å². The van der Waals surface area contributed by atoms with Gasteiger partial charge in [-0.15, -0.1) is 0 Å². The number of nitriles is 2. The lowest BCUT2D eigenvalue weighted by Gasteiger charge is -2.10. The van der Waals surface area contributed by atoms with E-state index in [4.69, 9.17) is 32.0 Å². The predicted octanol–water partition coefficient (Wildman–Crippen LogP) is 3.70. The number of primary sulfonamides is 1. The molecule has 0 radical (unpaired) electrons. The van der Waals surface area contributed by atoms with Crippen molar-refractivity contribution in [2.45, 2.75) is 11.3 Å². The van der Waals surface area contributed by atoms with Crippen LogP contribution in [-0.2, 0) is 21.2 Å². The Morgan fingerprint density at radius 2 is 1.62 bits per heavy atom. The molecule has 3 aromatic rings. The molecule has 0 aliphatic carbocycles. The highest BCUT2D eigenvalue weighted by Gasteiger charge is 2.11. The molecule has 0 unspecified atom stereocenters. The van der Waals surface area contributed by atoms with Gasteiger partial charge in [0, 0.05) is 5.69 Å². The van der Waals surface area contributed by atoms with Gasteiger partial charge in [0.1, 0.15) is 11.5 Å². The maximum absolute atomic E-state index is 12.3. The first-order valence-electron chi connectivity index (χ1n) is 9.02. The number of hydrogen-bond donors (Lipinski definition) is 2. The number of halogens is 1. The van der Waals surface area contributed by atoms with Gasteiger partial charge < -0.3 is 10.1 Å². The van der Waals surface area contributed by atoms with Gasteiger partial charge in [-0.25, -0.2) is 13.6 Å². The first-order chi connectivity index (χ1) is 15.2. The van der Waals surface area contributed by atoms with Gasteiger partial charge in [-0.2, -0.15) is 10.5 Å². The van der Waals surface area contributed by atoms with E-state index in [-0.39, 0.29) is 39.1 Å². The second-order valence-corrected chi connectivity index (χ2v) is 8.60. The number of carbonyl (C=O) groups excluding carboxylic acids is 1. The average molecular weight is 467 g/mol. The molecule has 8 nitrogen and oxygen atoms in total. The number of carbonyl (C=O) groups is 1. The lowest BCUT2D eigenvalue weighted by molar-refractivity contribution is -0.115. The largest absolute Gasteiger partial charge is 0.456 e. The third kappa shape index (κ3) is 5.84. The highest BCUT2D eigenvalue weighted by atomic mass is 35.5. The summed E-state index contributed by atoms with van der Waals surface area (Å²) in [7, 11) is -3.81. The number of nitrogens with zero attached hydrogens (tertiary/aromatic N) is 2. The third-order valence-corrected chi connectivity index (χ3v) is 5.44. The predicted molar refractivity (Wildman–Crippen MR) is 118 cm³/mol. The fourth-order valence-electron chi connectivity index (χ4n) is 2.77. The molecule has 0 aromatic heterocycles. The smallest absolute Gasteiger partial charge is 0.238 e. The van der Waals surface area contributed by atoms with Gasteiger partial charge in [0.25, 0.3) is 0 Å². The van der Waals surface area contributed by atoms with Crippen LogP contribution in [0.4, 0.5) is 5.69 Å². The SMILES string of the molecule is N#Cc1cc(C#N)cc(Oc2ccc(CC(=O)Nc3ccc(S(N)(=O)=O)cc3)cc2Cl)c1. The summed E-state index contributed by atoms with van der Waals surface area (Å²) in [4.78, 5) is 12.2. The van der Waals surface area contributed by atoms with Crippen molar-refractivity contribution in [2.75, 3.05) is 5.32 Å². The molecule has 3 N–H and O–H groups in total. The minimum absolute atomic E-state index is 0.0133. The van der Waals surface area contributed by atoms with Gasteiger partial charge >= 0.3 is 0 Å². The topological polar surface area (TPSA) is 146 Å². The summed E-state index contributed by atoms with van der Waals surface area (Å²) in [5.74, 6) is 0.253. The fraction of sp³-hybridized carbons (Fsp3) is 0.0455. The molecule has 32 heavy (non-hydrogen) atoms. The Labute approximate surface area is 189 Å². The molecule has 0 spiro atoms. The van der Waals surface area contributed by atoms with Crippen molar-refractivity contribution < 1.29 is 17.9 Å². The fourth-order valence-corrected chi connectivity index (χ4v) is 3.53. The van der Waals surface area contributed by atoms with Gasteiger partial charge in [-0.3, -0.25) is 4.79 Å². The second kappa shape index (κ2) is 9.50. The van der Waals surface area contributed by atoms with Crippen molar-refractivity contribution >= 4 is 33.2 Å². The van der Waals surface area contributed by atoms with E-state index in [1.165, 1.54) is 42.5 Å². The van der Waals surface area contributed by atoms with Crippen LogP contribution in [0.1, 0.15) is 16.7 Å². The Bertz CT molecular complexity index is 1340. The Morgan fingerprint density at radius 3 is 2.16 bits per heavy atom. The van der Waals surface area contributed by atoms with Crippen molar-refractivity contribution in [2.24, 2.45) is 5.14 Å². The molecule has 160 valence electrons. The molecule has 0 saturated carbocycles. The molecule has 0 atom stereocenters. The molecular weight excluding hydrogens is 452 g/mol. The molecule has 10 heteroatoms. The van der Waals surface area contributed by atoms with E-state index in [1.54, 1.807) is 18.2 Å². The van der Waals surface area contributed by atoms with Gasteiger partial charge in [-0.05, 0) is 60.2 Å². The van der Waals surface area contributed by atoms with Crippen LogP contribution in [0.3, 0.4) is 0 Å². The highest BCUT2D eigenvalue weighted by Crippen LogP contribution is 2.31. The van der Waals surface area contributed by atoms with Crippen molar-refractivity contribution in [3.05, 3.63) is 82.4 Å². The molecule has 3 aromatic carbocycles. The average Bonchev–Trinajstić information content (AvgIpc) is 2.75. The number of amides is 1. The Balaban J connectivity index is 1.68. The number of ether oxygens (including phenoxy) is 1. The van der Waals surface area contributed by atoms with Crippen LogP contribution in [0, 0.1) is 22.7 Å². The van der Waals surface area contributed by atoms with Crippen molar-refractivity contribution in [3.8, 4) is 23.6 Å². The minimum Gasteiger partial charge on any atom is -0.456 e. The maximum atomic E-state index is 12.3. The molecule has 3 rings (SSSR count). The van der Waals surface area contributed by atoms with E-state index in [9.17, 15) is 13.2 Å². The first-order valence-corrected chi connectivity index (χ1v) is 10.9. The molecule has 0 heterocycles. The molecule has 0 aliphatic rings. The van der Waals surface area contributed by atoms with Crippen LogP contribution in [0.15, 0.2) is 65.6 Å². The van der Waals surface area contributed by atoms with Crippen molar-refractivity contribution in [1.82, 2.24) is 0 Å². The molecule has 0 saturated heterocycles. The summed E-state index contributed by atoms with van der Waals surface area (Å²) in [5, 5.41) is 26.1. The van der Waals surface area contributed by atoms with E-state index >= 15 is 0 Å². The number of hydrogen-bond acceptors (Lipinski definition) is 6. The first kappa shape index (κ1) is 22.8. The number of sulfonamides is 1. The third-order valence-electron chi connectivity index (χ3n) is 4.22. The zero-order valence-corrected chi connectivity index (χ0v) is 17.9. The van der Waals surface area contributed by atoms with Crippen LogP contribution in [0.5, 0.6) is 11.5 Å². The Hall–Kier alpha value is -3.89. The van der Waals surface area contributed by atoms with Crippen LogP contribution >= 0.6 is 11.6 Å².